The molecule has 0 aliphatic rings. The van der Waals surface area contributed by atoms with Crippen molar-refractivity contribution in [2.45, 2.75) is 6.54 Å². The summed E-state index contributed by atoms with van der Waals surface area (Å²) in [6, 6.07) is 18.1. The van der Waals surface area contributed by atoms with Crippen LogP contribution in [0.3, 0.4) is 0 Å². The summed E-state index contributed by atoms with van der Waals surface area (Å²) in [5, 5.41) is 11.7. The van der Waals surface area contributed by atoms with Crippen molar-refractivity contribution >= 4 is 40.0 Å². The van der Waals surface area contributed by atoms with Gasteiger partial charge in [0.05, 0.1) is 24.7 Å². The highest BCUT2D eigenvalue weighted by Gasteiger charge is 2.22. The van der Waals surface area contributed by atoms with Crippen LogP contribution in [0.25, 0.3) is 22.2 Å². The van der Waals surface area contributed by atoms with Gasteiger partial charge >= 0.3 is 0 Å². The molecule has 7 heteroatoms. The number of aromatic nitrogens is 2. The highest BCUT2D eigenvalue weighted by Crippen LogP contribution is 2.42. The fourth-order valence-corrected chi connectivity index (χ4v) is 4.01. The second-order valence-corrected chi connectivity index (χ2v) is 7.60. The molecule has 4 aromatic rings. The number of fused-ring (bicyclic) bond motifs is 1. The summed E-state index contributed by atoms with van der Waals surface area (Å²) in [7, 11) is 7.42. The third-order valence-corrected chi connectivity index (χ3v) is 5.66. The van der Waals surface area contributed by atoms with Crippen LogP contribution in [0.2, 0.25) is 5.02 Å². The van der Waals surface area contributed by atoms with Gasteiger partial charge in [0.15, 0.2) is 0 Å². The number of halogens is 1. The zero-order valence-electron chi connectivity index (χ0n) is 18.1. The van der Waals surface area contributed by atoms with E-state index in [1.54, 1.807) is 7.11 Å². The molecule has 2 aromatic carbocycles. The van der Waals surface area contributed by atoms with Gasteiger partial charge in [0.1, 0.15) is 23.0 Å². The van der Waals surface area contributed by atoms with E-state index in [0.717, 1.165) is 50.8 Å². The first-order valence-electron chi connectivity index (χ1n) is 10.1. The molecule has 0 amide bonds. The van der Waals surface area contributed by atoms with Crippen LogP contribution in [-0.2, 0) is 6.54 Å². The predicted molar refractivity (Wildman–Crippen MR) is 131 cm³/mol. The van der Waals surface area contributed by atoms with Crippen LogP contribution >= 0.6 is 11.6 Å². The minimum absolute atomic E-state index is 0.665. The molecule has 0 spiro atoms. The Kier molecular flexibility index (Phi) is 5.91. The standard InChI is InChI=1S/C24H26ClN5O/c1-26-20-13-19(16-7-9-17(25)10-8-16)21-22(27-2)24(28-3)30(23(21)29-20)14-15-5-11-18(31-4)12-6-15/h5-13,27-28H,14H2,1-4H3,(H,26,29). The van der Waals surface area contributed by atoms with Crippen molar-refractivity contribution in [3.05, 3.63) is 65.2 Å². The van der Waals surface area contributed by atoms with Gasteiger partial charge in [0.25, 0.3) is 0 Å². The van der Waals surface area contributed by atoms with Crippen molar-refractivity contribution in [3.8, 4) is 16.9 Å². The van der Waals surface area contributed by atoms with Gasteiger partial charge in [-0.3, -0.25) is 0 Å². The van der Waals surface area contributed by atoms with Crippen LogP contribution in [0.5, 0.6) is 5.75 Å². The number of hydrogen-bond acceptors (Lipinski definition) is 5. The SMILES string of the molecule is CNc1cc(-c2ccc(Cl)cc2)c2c(NC)c(NC)n(Cc3ccc(OC)cc3)c2n1. The number of nitrogens with zero attached hydrogens (tertiary/aromatic N) is 2. The van der Waals surface area contributed by atoms with Gasteiger partial charge in [-0.1, -0.05) is 35.9 Å². The van der Waals surface area contributed by atoms with E-state index in [9.17, 15) is 0 Å². The summed E-state index contributed by atoms with van der Waals surface area (Å²) >= 11 is 6.14. The average molecular weight is 436 g/mol. The maximum atomic E-state index is 6.14. The molecule has 0 radical (unpaired) electrons. The first kappa shape index (κ1) is 20.9. The third kappa shape index (κ3) is 3.86. The van der Waals surface area contributed by atoms with Crippen molar-refractivity contribution in [3.63, 3.8) is 0 Å². The molecule has 0 bridgehead atoms. The van der Waals surface area contributed by atoms with E-state index in [1.165, 1.54) is 0 Å². The normalized spacial score (nSPS) is 10.9. The summed E-state index contributed by atoms with van der Waals surface area (Å²) in [4.78, 5) is 4.93. The fraction of sp³-hybridized carbons (Fsp3) is 0.208. The molecular weight excluding hydrogens is 410 g/mol. The van der Waals surface area contributed by atoms with Crippen molar-refractivity contribution in [1.29, 1.82) is 0 Å². The summed E-state index contributed by atoms with van der Waals surface area (Å²) < 4.78 is 7.50. The summed E-state index contributed by atoms with van der Waals surface area (Å²) in [5.74, 6) is 2.62. The number of methoxy groups -OCH3 is 1. The van der Waals surface area contributed by atoms with Gasteiger partial charge in [-0.05, 0) is 47.0 Å². The molecule has 0 unspecified atom stereocenters. The Bertz CT molecular complexity index is 1200. The Morgan fingerprint density at radius 2 is 1.65 bits per heavy atom. The third-order valence-electron chi connectivity index (χ3n) is 5.41. The minimum atomic E-state index is 0.665. The van der Waals surface area contributed by atoms with E-state index in [-0.39, 0.29) is 0 Å². The van der Waals surface area contributed by atoms with Gasteiger partial charge in [-0.2, -0.15) is 0 Å². The summed E-state index contributed by atoms with van der Waals surface area (Å²) in [6.07, 6.45) is 0. The molecular formula is C24H26ClN5O. The molecule has 0 atom stereocenters. The first-order valence-corrected chi connectivity index (χ1v) is 10.5. The van der Waals surface area contributed by atoms with Crippen LogP contribution in [0.15, 0.2) is 54.6 Å². The zero-order chi connectivity index (χ0) is 22.0. The molecule has 4 rings (SSSR count). The molecule has 0 aliphatic heterocycles. The molecule has 0 saturated heterocycles. The van der Waals surface area contributed by atoms with E-state index in [4.69, 9.17) is 21.3 Å². The Morgan fingerprint density at radius 3 is 2.23 bits per heavy atom. The number of ether oxygens (including phenoxy) is 1. The van der Waals surface area contributed by atoms with Gasteiger partial charge < -0.3 is 25.3 Å². The smallest absolute Gasteiger partial charge is 0.147 e. The van der Waals surface area contributed by atoms with E-state index in [2.05, 4.69) is 38.7 Å². The average Bonchev–Trinajstić information content (AvgIpc) is 3.11. The number of hydrogen-bond donors (Lipinski definition) is 3. The van der Waals surface area contributed by atoms with Crippen molar-refractivity contribution in [2.75, 3.05) is 44.2 Å². The topological polar surface area (TPSA) is 63.1 Å². The second kappa shape index (κ2) is 8.78. The maximum Gasteiger partial charge on any atom is 0.147 e. The van der Waals surface area contributed by atoms with Crippen LogP contribution in [0.4, 0.5) is 17.3 Å². The highest BCUT2D eigenvalue weighted by atomic mass is 35.5. The molecule has 0 aliphatic carbocycles. The number of pyridine rings is 1. The number of anilines is 3. The number of nitrogens with one attached hydrogen (secondary N) is 3. The summed E-state index contributed by atoms with van der Waals surface area (Å²) in [6.45, 7) is 0.665. The monoisotopic (exact) mass is 435 g/mol. The lowest BCUT2D eigenvalue weighted by Crippen LogP contribution is -2.06. The molecule has 31 heavy (non-hydrogen) atoms. The van der Waals surface area contributed by atoms with Crippen LogP contribution in [0, 0.1) is 0 Å². The van der Waals surface area contributed by atoms with E-state index < -0.39 is 0 Å². The predicted octanol–water partition coefficient (Wildman–Crippen LogP) is 5.54. The maximum absolute atomic E-state index is 6.14. The molecule has 6 nitrogen and oxygen atoms in total. The zero-order valence-corrected chi connectivity index (χ0v) is 18.8. The fourth-order valence-electron chi connectivity index (χ4n) is 3.89. The van der Waals surface area contributed by atoms with Crippen LogP contribution in [-0.4, -0.2) is 37.8 Å². The lowest BCUT2D eigenvalue weighted by Gasteiger charge is -2.12. The van der Waals surface area contributed by atoms with E-state index >= 15 is 0 Å². The van der Waals surface area contributed by atoms with Crippen LogP contribution in [0.1, 0.15) is 5.56 Å². The molecule has 2 heterocycles. The van der Waals surface area contributed by atoms with Gasteiger partial charge in [-0.15, -0.1) is 0 Å². The van der Waals surface area contributed by atoms with E-state index in [1.807, 2.05) is 57.5 Å². The Morgan fingerprint density at radius 1 is 0.935 bits per heavy atom. The molecule has 0 saturated carbocycles. The van der Waals surface area contributed by atoms with Crippen molar-refractivity contribution in [1.82, 2.24) is 9.55 Å². The molecule has 3 N–H and O–H groups in total. The Labute approximate surface area is 187 Å². The first-order chi connectivity index (χ1) is 15.1. The largest absolute Gasteiger partial charge is 0.497 e. The lowest BCUT2D eigenvalue weighted by atomic mass is 10.0. The highest BCUT2D eigenvalue weighted by molar-refractivity contribution is 6.30. The number of benzene rings is 2. The molecule has 2 aromatic heterocycles. The Hall–Kier alpha value is -3.38. The quantitative estimate of drug-likeness (QED) is 0.356. The minimum Gasteiger partial charge on any atom is -0.497 e. The van der Waals surface area contributed by atoms with Gasteiger partial charge in [-0.25, -0.2) is 4.98 Å². The second-order valence-electron chi connectivity index (χ2n) is 7.17. The van der Waals surface area contributed by atoms with Crippen molar-refractivity contribution < 1.29 is 4.74 Å². The Balaban J connectivity index is 1.97. The van der Waals surface area contributed by atoms with Crippen molar-refractivity contribution in [2.24, 2.45) is 0 Å². The summed E-state index contributed by atoms with van der Waals surface area (Å²) in [5.41, 5.74) is 5.21. The molecule has 0 fully saturated rings. The van der Waals surface area contributed by atoms with Crippen LogP contribution < -0.4 is 20.7 Å². The van der Waals surface area contributed by atoms with E-state index in [0.29, 0.717) is 11.6 Å². The van der Waals surface area contributed by atoms with Gasteiger partial charge in [0, 0.05) is 26.2 Å². The lowest BCUT2D eigenvalue weighted by molar-refractivity contribution is 0.414. The number of rotatable bonds is 7. The van der Waals surface area contributed by atoms with Gasteiger partial charge in [0.2, 0.25) is 0 Å². The molecule has 160 valence electrons.